The second-order valence-corrected chi connectivity index (χ2v) is 3.28. The van der Waals surface area contributed by atoms with E-state index in [1.807, 2.05) is 6.92 Å². The van der Waals surface area contributed by atoms with Gasteiger partial charge in [-0.15, -0.1) is 0 Å². The Bertz CT molecular complexity index is 307. The van der Waals surface area contributed by atoms with E-state index in [9.17, 15) is 10.2 Å². The molecule has 0 saturated heterocycles. The number of phenolic OH excluding ortho intramolecular Hbond substituents is 2. The smallest absolute Gasteiger partial charge is 0.122 e. The zero-order valence-corrected chi connectivity index (χ0v) is 7.78. The maximum atomic E-state index is 9.45. The largest absolute Gasteiger partial charge is 0.508 e. The highest BCUT2D eigenvalue weighted by molar-refractivity contribution is 5.45. The summed E-state index contributed by atoms with van der Waals surface area (Å²) >= 11 is 0. The molecule has 3 heteroatoms. The number of phenols is 2. The zero-order valence-electron chi connectivity index (χ0n) is 7.78. The van der Waals surface area contributed by atoms with Gasteiger partial charge in [0.15, 0.2) is 0 Å². The molecule has 0 aliphatic carbocycles. The van der Waals surface area contributed by atoms with Crippen LogP contribution in [0.15, 0.2) is 12.1 Å². The number of aromatic hydroxyl groups is 2. The monoisotopic (exact) mass is 182 g/mol. The molecule has 3 N–H and O–H groups in total. The molecular weight excluding hydrogens is 168 g/mol. The number of aryl methyl sites for hydroxylation is 1. The van der Waals surface area contributed by atoms with Crippen molar-refractivity contribution >= 4 is 0 Å². The summed E-state index contributed by atoms with van der Waals surface area (Å²) in [5.74, 6) is -0.00432. The normalized spacial score (nSPS) is 12.8. The quantitative estimate of drug-likeness (QED) is 0.649. The van der Waals surface area contributed by atoms with Gasteiger partial charge >= 0.3 is 0 Å². The van der Waals surface area contributed by atoms with Gasteiger partial charge in [-0.05, 0) is 24.1 Å². The zero-order chi connectivity index (χ0) is 10.0. The fourth-order valence-corrected chi connectivity index (χ4v) is 1.20. The van der Waals surface area contributed by atoms with Gasteiger partial charge < -0.3 is 15.3 Å². The first-order valence-corrected chi connectivity index (χ1v) is 4.19. The topological polar surface area (TPSA) is 60.7 Å². The third kappa shape index (κ3) is 1.92. The van der Waals surface area contributed by atoms with Gasteiger partial charge in [0.1, 0.15) is 11.5 Å². The van der Waals surface area contributed by atoms with Gasteiger partial charge in [0.2, 0.25) is 0 Å². The summed E-state index contributed by atoms with van der Waals surface area (Å²) in [6, 6.07) is 2.99. The maximum Gasteiger partial charge on any atom is 0.122 e. The van der Waals surface area contributed by atoms with E-state index in [-0.39, 0.29) is 24.0 Å². The third-order valence-corrected chi connectivity index (χ3v) is 2.15. The predicted molar refractivity (Wildman–Crippen MR) is 50.0 cm³/mol. The molecule has 0 saturated carbocycles. The van der Waals surface area contributed by atoms with Crippen LogP contribution in [0.25, 0.3) is 0 Å². The molecule has 13 heavy (non-hydrogen) atoms. The highest BCUT2D eigenvalue weighted by atomic mass is 16.3. The van der Waals surface area contributed by atoms with E-state index in [0.29, 0.717) is 11.1 Å². The van der Waals surface area contributed by atoms with Crippen molar-refractivity contribution in [3.63, 3.8) is 0 Å². The summed E-state index contributed by atoms with van der Waals surface area (Å²) in [4.78, 5) is 0. The van der Waals surface area contributed by atoms with E-state index in [1.54, 1.807) is 13.0 Å². The number of benzene rings is 1. The summed E-state index contributed by atoms with van der Waals surface area (Å²) in [5.41, 5.74) is 1.37. The fourth-order valence-electron chi connectivity index (χ4n) is 1.20. The first-order chi connectivity index (χ1) is 6.06. The van der Waals surface area contributed by atoms with Crippen molar-refractivity contribution in [1.29, 1.82) is 0 Å². The molecule has 1 rings (SSSR count). The molecule has 72 valence electrons. The molecular formula is C10H14O3. The Kier molecular flexibility index (Phi) is 2.78. The molecule has 1 aromatic rings. The van der Waals surface area contributed by atoms with Gasteiger partial charge in [0, 0.05) is 18.6 Å². The van der Waals surface area contributed by atoms with Crippen LogP contribution in [0, 0.1) is 6.92 Å². The molecule has 1 atom stereocenters. The number of aliphatic hydroxyl groups excluding tert-OH is 1. The Morgan fingerprint density at radius 2 is 1.85 bits per heavy atom. The van der Waals surface area contributed by atoms with Crippen molar-refractivity contribution < 1.29 is 15.3 Å². The minimum atomic E-state index is -0.112. The van der Waals surface area contributed by atoms with E-state index >= 15 is 0 Å². The van der Waals surface area contributed by atoms with Crippen LogP contribution in [-0.4, -0.2) is 21.9 Å². The lowest BCUT2D eigenvalue weighted by Crippen LogP contribution is -1.99. The molecule has 0 aliphatic heterocycles. The summed E-state index contributed by atoms with van der Waals surface area (Å²) in [5, 5.41) is 27.6. The highest BCUT2D eigenvalue weighted by Gasteiger charge is 2.11. The van der Waals surface area contributed by atoms with Crippen LogP contribution in [0.1, 0.15) is 24.0 Å². The average molecular weight is 182 g/mol. The van der Waals surface area contributed by atoms with Crippen LogP contribution in [0.4, 0.5) is 0 Å². The van der Waals surface area contributed by atoms with Gasteiger partial charge in [-0.2, -0.15) is 0 Å². The fraction of sp³-hybridized carbons (Fsp3) is 0.400. The van der Waals surface area contributed by atoms with Crippen LogP contribution in [0.3, 0.4) is 0 Å². The lowest BCUT2D eigenvalue weighted by molar-refractivity contribution is 0.270. The molecule has 0 amide bonds. The Hall–Kier alpha value is -1.22. The van der Waals surface area contributed by atoms with Crippen LogP contribution >= 0.6 is 0 Å². The van der Waals surface area contributed by atoms with Crippen molar-refractivity contribution in [2.45, 2.75) is 19.8 Å². The van der Waals surface area contributed by atoms with Crippen molar-refractivity contribution in [3.05, 3.63) is 23.3 Å². The second kappa shape index (κ2) is 3.66. The highest BCUT2D eigenvalue weighted by Crippen LogP contribution is 2.31. The van der Waals surface area contributed by atoms with Crippen molar-refractivity contribution in [3.8, 4) is 11.5 Å². The van der Waals surface area contributed by atoms with Crippen LogP contribution in [-0.2, 0) is 0 Å². The first kappa shape index (κ1) is 9.86. The van der Waals surface area contributed by atoms with E-state index in [2.05, 4.69) is 0 Å². The summed E-state index contributed by atoms with van der Waals surface area (Å²) in [6.45, 7) is 3.55. The molecule has 0 fully saturated rings. The minimum absolute atomic E-state index is 0.0161. The van der Waals surface area contributed by atoms with Crippen molar-refractivity contribution in [2.24, 2.45) is 0 Å². The summed E-state index contributed by atoms with van der Waals surface area (Å²) < 4.78 is 0. The van der Waals surface area contributed by atoms with Crippen molar-refractivity contribution in [2.75, 3.05) is 6.61 Å². The van der Waals surface area contributed by atoms with Gasteiger partial charge in [-0.3, -0.25) is 0 Å². The molecule has 0 heterocycles. The van der Waals surface area contributed by atoms with Gasteiger partial charge in [0.05, 0.1) is 0 Å². The second-order valence-electron chi connectivity index (χ2n) is 3.28. The number of hydrogen-bond acceptors (Lipinski definition) is 3. The molecule has 0 spiro atoms. The first-order valence-electron chi connectivity index (χ1n) is 4.19. The third-order valence-electron chi connectivity index (χ3n) is 2.15. The standard InChI is InChI=1S/C10H14O3/c1-6-3-8(7(2)5-11)10(13)4-9(6)12/h3-4,7,11-13H,5H2,1-2H3. The molecule has 1 unspecified atom stereocenters. The molecule has 0 aromatic heterocycles. The SMILES string of the molecule is Cc1cc(C(C)CO)c(O)cc1O. The van der Waals surface area contributed by atoms with Crippen LogP contribution in [0.5, 0.6) is 11.5 Å². The average Bonchev–Trinajstić information content (AvgIpc) is 2.10. The van der Waals surface area contributed by atoms with Gasteiger partial charge in [-0.1, -0.05) is 6.92 Å². The lowest BCUT2D eigenvalue weighted by Gasteiger charge is -2.12. The molecule has 1 aromatic carbocycles. The molecule has 3 nitrogen and oxygen atoms in total. The Balaban J connectivity index is 3.15. The van der Waals surface area contributed by atoms with Crippen LogP contribution < -0.4 is 0 Å². The number of rotatable bonds is 2. The van der Waals surface area contributed by atoms with E-state index in [0.717, 1.165) is 0 Å². The molecule has 0 bridgehead atoms. The van der Waals surface area contributed by atoms with Crippen LogP contribution in [0.2, 0.25) is 0 Å². The Morgan fingerprint density at radius 3 is 2.38 bits per heavy atom. The number of hydrogen-bond donors (Lipinski definition) is 3. The molecule has 0 aliphatic rings. The van der Waals surface area contributed by atoms with E-state index in [4.69, 9.17) is 5.11 Å². The Morgan fingerprint density at radius 1 is 1.23 bits per heavy atom. The minimum Gasteiger partial charge on any atom is -0.508 e. The van der Waals surface area contributed by atoms with E-state index in [1.165, 1.54) is 6.07 Å². The maximum absolute atomic E-state index is 9.45. The van der Waals surface area contributed by atoms with Gasteiger partial charge in [-0.25, -0.2) is 0 Å². The van der Waals surface area contributed by atoms with Crippen molar-refractivity contribution in [1.82, 2.24) is 0 Å². The lowest BCUT2D eigenvalue weighted by atomic mass is 9.98. The number of aliphatic hydroxyl groups is 1. The predicted octanol–water partition coefficient (Wildman–Crippen LogP) is 1.50. The molecule has 0 radical (unpaired) electrons. The Labute approximate surface area is 77.3 Å². The summed E-state index contributed by atoms with van der Waals surface area (Å²) in [7, 11) is 0. The van der Waals surface area contributed by atoms with E-state index < -0.39 is 0 Å². The van der Waals surface area contributed by atoms with Gasteiger partial charge in [0.25, 0.3) is 0 Å². The summed E-state index contributed by atoms with van der Waals surface area (Å²) in [6.07, 6.45) is 0.